The van der Waals surface area contributed by atoms with Gasteiger partial charge in [0.05, 0.1) is 31.2 Å². The zero-order valence-electron chi connectivity index (χ0n) is 10.9. The predicted octanol–water partition coefficient (Wildman–Crippen LogP) is 1.31. The van der Waals surface area contributed by atoms with Crippen LogP contribution in [-0.4, -0.2) is 46.8 Å². The molecule has 0 saturated carbocycles. The van der Waals surface area contributed by atoms with E-state index in [0.29, 0.717) is 19.8 Å². The number of nitrogens with zero attached hydrogens (tertiary/aromatic N) is 3. The van der Waals surface area contributed by atoms with Crippen molar-refractivity contribution < 1.29 is 14.6 Å². The summed E-state index contributed by atoms with van der Waals surface area (Å²) in [7, 11) is 0. The highest BCUT2D eigenvalue weighted by Gasteiger charge is 2.27. The predicted molar refractivity (Wildman–Crippen MR) is 73.7 cm³/mol. The Hall–Kier alpha value is -2.21. The zero-order chi connectivity index (χ0) is 13.9. The molecule has 1 aromatic heterocycles. The van der Waals surface area contributed by atoms with Crippen molar-refractivity contribution in [3.05, 3.63) is 30.6 Å². The van der Waals surface area contributed by atoms with Gasteiger partial charge in [-0.3, -0.25) is 4.79 Å². The van der Waals surface area contributed by atoms with Crippen LogP contribution in [0, 0.1) is 0 Å². The second kappa shape index (κ2) is 5.42. The van der Waals surface area contributed by atoms with Crippen LogP contribution in [0.1, 0.15) is 6.42 Å². The normalized spacial score (nSPS) is 19.2. The maximum atomic E-state index is 11.0. The number of aliphatic carboxylic acids is 1. The van der Waals surface area contributed by atoms with Crippen molar-refractivity contribution in [1.29, 1.82) is 0 Å². The Kier molecular flexibility index (Phi) is 3.47. The lowest BCUT2D eigenvalue weighted by molar-refractivity contribution is -0.138. The van der Waals surface area contributed by atoms with Crippen LogP contribution in [0.25, 0.3) is 10.9 Å². The van der Waals surface area contributed by atoms with Crippen LogP contribution in [0.3, 0.4) is 0 Å². The average molecular weight is 273 g/mol. The molecule has 3 rings (SSSR count). The van der Waals surface area contributed by atoms with Gasteiger partial charge < -0.3 is 14.7 Å². The molecule has 0 radical (unpaired) electrons. The lowest BCUT2D eigenvalue weighted by Gasteiger charge is -2.36. The highest BCUT2D eigenvalue weighted by molar-refractivity contribution is 5.89. The molecule has 1 aliphatic rings. The largest absolute Gasteiger partial charge is 0.481 e. The number of anilines is 1. The number of aromatic nitrogens is 2. The van der Waals surface area contributed by atoms with E-state index in [9.17, 15) is 4.79 Å². The molecule has 0 bridgehead atoms. The highest BCUT2D eigenvalue weighted by Crippen LogP contribution is 2.26. The third-order valence-corrected chi connectivity index (χ3v) is 3.43. The summed E-state index contributed by atoms with van der Waals surface area (Å²) in [5, 5.41) is 9.97. The second-order valence-corrected chi connectivity index (χ2v) is 4.73. The Morgan fingerprint density at radius 1 is 1.40 bits per heavy atom. The molecule has 1 fully saturated rings. The first kappa shape index (κ1) is 12.8. The number of para-hydroxylation sites is 1. The molecule has 0 aliphatic carbocycles. The van der Waals surface area contributed by atoms with Crippen molar-refractivity contribution in [3.8, 4) is 0 Å². The van der Waals surface area contributed by atoms with Crippen molar-refractivity contribution in [2.24, 2.45) is 0 Å². The lowest BCUT2D eigenvalue weighted by atomic mass is 10.1. The number of rotatable bonds is 3. The van der Waals surface area contributed by atoms with Crippen molar-refractivity contribution in [2.75, 3.05) is 24.7 Å². The van der Waals surface area contributed by atoms with Crippen LogP contribution in [0.5, 0.6) is 0 Å². The molecule has 6 nitrogen and oxygen atoms in total. The Labute approximate surface area is 116 Å². The summed E-state index contributed by atoms with van der Waals surface area (Å²) in [6.45, 7) is 1.62. The molecule has 1 saturated heterocycles. The topological polar surface area (TPSA) is 75.6 Å². The number of ether oxygens (including phenoxy) is 1. The van der Waals surface area contributed by atoms with Crippen LogP contribution in [0.15, 0.2) is 30.6 Å². The van der Waals surface area contributed by atoms with E-state index in [4.69, 9.17) is 9.84 Å². The number of hydrogen-bond donors (Lipinski definition) is 1. The van der Waals surface area contributed by atoms with Gasteiger partial charge in [-0.1, -0.05) is 12.1 Å². The van der Waals surface area contributed by atoms with Crippen molar-refractivity contribution in [2.45, 2.75) is 12.5 Å². The van der Waals surface area contributed by atoms with E-state index in [1.165, 1.54) is 6.33 Å². The fourth-order valence-electron chi connectivity index (χ4n) is 2.52. The zero-order valence-corrected chi connectivity index (χ0v) is 10.9. The van der Waals surface area contributed by atoms with Crippen molar-refractivity contribution in [1.82, 2.24) is 9.97 Å². The summed E-state index contributed by atoms with van der Waals surface area (Å²) in [6.07, 6.45) is 1.56. The molecular weight excluding hydrogens is 258 g/mol. The van der Waals surface area contributed by atoms with Gasteiger partial charge in [-0.2, -0.15) is 0 Å². The quantitative estimate of drug-likeness (QED) is 0.908. The molecule has 2 aromatic rings. The minimum atomic E-state index is -0.830. The van der Waals surface area contributed by atoms with E-state index in [2.05, 4.69) is 9.97 Å². The number of fused-ring (bicyclic) bond motifs is 1. The minimum absolute atomic E-state index is 0.0400. The van der Waals surface area contributed by atoms with E-state index in [1.54, 1.807) is 0 Å². The molecule has 1 aliphatic heterocycles. The first-order valence-electron chi connectivity index (χ1n) is 6.51. The Morgan fingerprint density at radius 3 is 3.10 bits per heavy atom. The van der Waals surface area contributed by atoms with E-state index in [-0.39, 0.29) is 12.5 Å². The van der Waals surface area contributed by atoms with Crippen LogP contribution in [0.4, 0.5) is 5.82 Å². The average Bonchev–Trinajstić information content (AvgIpc) is 2.47. The van der Waals surface area contributed by atoms with Gasteiger partial charge in [0.15, 0.2) is 0 Å². The van der Waals surface area contributed by atoms with Gasteiger partial charge in [0.25, 0.3) is 0 Å². The van der Waals surface area contributed by atoms with E-state index >= 15 is 0 Å². The van der Waals surface area contributed by atoms with Gasteiger partial charge in [0.1, 0.15) is 12.1 Å². The van der Waals surface area contributed by atoms with Crippen molar-refractivity contribution in [3.63, 3.8) is 0 Å². The number of carbonyl (C=O) groups is 1. The number of benzene rings is 1. The molecule has 1 N–H and O–H groups in total. The maximum absolute atomic E-state index is 11.0. The molecule has 20 heavy (non-hydrogen) atoms. The van der Waals surface area contributed by atoms with Gasteiger partial charge in [0.2, 0.25) is 0 Å². The number of morpholine rings is 1. The Balaban J connectivity index is 2.01. The molecule has 1 atom stereocenters. The van der Waals surface area contributed by atoms with Crippen molar-refractivity contribution >= 4 is 22.7 Å². The molecule has 1 unspecified atom stereocenters. The molecule has 2 heterocycles. The smallest absolute Gasteiger partial charge is 0.305 e. The van der Waals surface area contributed by atoms with Crippen LogP contribution < -0.4 is 4.90 Å². The third-order valence-electron chi connectivity index (χ3n) is 3.43. The second-order valence-electron chi connectivity index (χ2n) is 4.73. The van der Waals surface area contributed by atoms with Gasteiger partial charge in [-0.25, -0.2) is 9.97 Å². The summed E-state index contributed by atoms with van der Waals surface area (Å²) in [5.41, 5.74) is 0.859. The number of carboxylic acids is 1. The first-order valence-corrected chi connectivity index (χ1v) is 6.51. The third kappa shape index (κ3) is 2.42. The molecule has 104 valence electrons. The molecule has 6 heteroatoms. The minimum Gasteiger partial charge on any atom is -0.481 e. The van der Waals surface area contributed by atoms with E-state index < -0.39 is 5.97 Å². The van der Waals surface area contributed by atoms with Crippen LogP contribution in [0.2, 0.25) is 0 Å². The van der Waals surface area contributed by atoms with Gasteiger partial charge >= 0.3 is 5.97 Å². The van der Waals surface area contributed by atoms with Gasteiger partial charge in [-0.15, -0.1) is 0 Å². The summed E-state index contributed by atoms with van der Waals surface area (Å²) in [5.74, 6) is -0.0472. The summed E-state index contributed by atoms with van der Waals surface area (Å²) in [6, 6.07) is 7.54. The summed E-state index contributed by atoms with van der Waals surface area (Å²) < 4.78 is 5.40. The standard InChI is InChI=1S/C14H15N3O3/c18-13(19)7-10-8-20-6-5-17(10)14-11-3-1-2-4-12(11)15-9-16-14/h1-4,9-10H,5-8H2,(H,18,19). The summed E-state index contributed by atoms with van der Waals surface area (Å²) >= 11 is 0. The van der Waals surface area contributed by atoms with E-state index in [1.807, 2.05) is 29.2 Å². The van der Waals surface area contributed by atoms with Crippen LogP contribution >= 0.6 is 0 Å². The van der Waals surface area contributed by atoms with Crippen LogP contribution in [-0.2, 0) is 9.53 Å². The fourth-order valence-corrected chi connectivity index (χ4v) is 2.52. The van der Waals surface area contributed by atoms with E-state index in [0.717, 1.165) is 16.7 Å². The SMILES string of the molecule is O=C(O)CC1COCCN1c1ncnc2ccccc12. The Bertz CT molecular complexity index is 627. The summed E-state index contributed by atoms with van der Waals surface area (Å²) in [4.78, 5) is 21.6. The molecule has 0 spiro atoms. The lowest BCUT2D eigenvalue weighted by Crippen LogP contribution is -2.47. The molecule has 1 aromatic carbocycles. The molecular formula is C14H15N3O3. The molecule has 0 amide bonds. The monoisotopic (exact) mass is 273 g/mol. The Morgan fingerprint density at radius 2 is 2.25 bits per heavy atom. The maximum Gasteiger partial charge on any atom is 0.305 e. The highest BCUT2D eigenvalue weighted by atomic mass is 16.5. The number of hydrogen-bond acceptors (Lipinski definition) is 5. The fraction of sp³-hybridized carbons (Fsp3) is 0.357. The first-order chi connectivity index (χ1) is 9.75. The number of carboxylic acid groups (broad SMARTS) is 1. The van der Waals surface area contributed by atoms with Gasteiger partial charge in [0, 0.05) is 11.9 Å². The van der Waals surface area contributed by atoms with Gasteiger partial charge in [-0.05, 0) is 12.1 Å².